The molecule has 0 spiro atoms. The lowest BCUT2D eigenvalue weighted by Crippen LogP contribution is -2.52. The van der Waals surface area contributed by atoms with Crippen molar-refractivity contribution in [3.05, 3.63) is 47.3 Å². The Hall–Kier alpha value is -3.36. The second-order valence-electron chi connectivity index (χ2n) is 7.62. The highest BCUT2D eigenvalue weighted by molar-refractivity contribution is 6.04. The van der Waals surface area contributed by atoms with E-state index in [9.17, 15) is 14.4 Å². The fourth-order valence-electron chi connectivity index (χ4n) is 3.40. The highest BCUT2D eigenvalue weighted by Crippen LogP contribution is 2.19. The van der Waals surface area contributed by atoms with Crippen molar-refractivity contribution in [1.82, 2.24) is 19.6 Å². The fraction of sp³-hybridized carbons (Fsp3) is 0.455. The predicted octanol–water partition coefficient (Wildman–Crippen LogP) is 2.61. The zero-order chi connectivity index (χ0) is 22.5. The number of aryl methyl sites for hydroxylation is 2. The van der Waals surface area contributed by atoms with Crippen LogP contribution in [0.3, 0.4) is 0 Å². The molecule has 1 fully saturated rings. The van der Waals surface area contributed by atoms with E-state index in [2.05, 4.69) is 10.4 Å². The van der Waals surface area contributed by atoms with Gasteiger partial charge in [0.1, 0.15) is 6.04 Å². The summed E-state index contributed by atoms with van der Waals surface area (Å²) in [6, 6.07) is 6.78. The number of nitrogens with zero attached hydrogens (tertiary/aromatic N) is 4. The van der Waals surface area contributed by atoms with Gasteiger partial charge in [0.25, 0.3) is 5.91 Å². The van der Waals surface area contributed by atoms with Crippen LogP contribution in [0.2, 0.25) is 0 Å². The molecule has 166 valence electrons. The molecule has 1 aliphatic rings. The quantitative estimate of drug-likeness (QED) is 0.791. The van der Waals surface area contributed by atoms with Gasteiger partial charge in [-0.3, -0.25) is 14.3 Å². The molecule has 1 aromatic carbocycles. The summed E-state index contributed by atoms with van der Waals surface area (Å²) in [6.45, 7) is 9.39. The molecule has 1 saturated heterocycles. The molecular weight excluding hydrogens is 398 g/mol. The van der Waals surface area contributed by atoms with E-state index in [0.29, 0.717) is 49.7 Å². The lowest BCUT2D eigenvalue weighted by Gasteiger charge is -2.35. The number of rotatable bonds is 5. The van der Waals surface area contributed by atoms with Crippen LogP contribution >= 0.6 is 0 Å². The third kappa shape index (κ3) is 5.22. The smallest absolute Gasteiger partial charge is 0.409 e. The highest BCUT2D eigenvalue weighted by Gasteiger charge is 2.29. The number of piperazine rings is 1. The summed E-state index contributed by atoms with van der Waals surface area (Å²) >= 11 is 0. The predicted molar refractivity (Wildman–Crippen MR) is 116 cm³/mol. The number of carbonyl (C=O) groups excluding carboxylic acids is 3. The first-order valence-electron chi connectivity index (χ1n) is 10.4. The van der Waals surface area contributed by atoms with Gasteiger partial charge in [-0.25, -0.2) is 4.79 Å². The Morgan fingerprint density at radius 1 is 1.06 bits per heavy atom. The Morgan fingerprint density at radius 3 is 2.29 bits per heavy atom. The van der Waals surface area contributed by atoms with Crippen molar-refractivity contribution in [3.8, 4) is 0 Å². The number of nitrogens with one attached hydrogen (secondary N) is 1. The first kappa shape index (κ1) is 22.3. The van der Waals surface area contributed by atoms with Crippen LogP contribution in [0, 0.1) is 13.8 Å². The summed E-state index contributed by atoms with van der Waals surface area (Å²) in [5.74, 6) is -0.306. The number of hydrogen-bond donors (Lipinski definition) is 1. The number of amides is 3. The Balaban J connectivity index is 1.61. The van der Waals surface area contributed by atoms with E-state index in [1.165, 1.54) is 0 Å². The molecule has 0 aliphatic carbocycles. The van der Waals surface area contributed by atoms with Crippen molar-refractivity contribution < 1.29 is 19.1 Å². The minimum Gasteiger partial charge on any atom is -0.450 e. The van der Waals surface area contributed by atoms with Gasteiger partial charge in [-0.05, 0) is 39.8 Å². The van der Waals surface area contributed by atoms with Crippen molar-refractivity contribution in [3.63, 3.8) is 0 Å². The van der Waals surface area contributed by atoms with Crippen molar-refractivity contribution >= 4 is 23.6 Å². The number of anilines is 1. The second kappa shape index (κ2) is 9.63. The monoisotopic (exact) mass is 427 g/mol. The molecule has 1 unspecified atom stereocenters. The number of benzene rings is 1. The van der Waals surface area contributed by atoms with Gasteiger partial charge in [0.15, 0.2) is 0 Å². The van der Waals surface area contributed by atoms with Crippen molar-refractivity contribution in [2.75, 3.05) is 38.1 Å². The number of aromatic nitrogens is 2. The van der Waals surface area contributed by atoms with E-state index >= 15 is 0 Å². The second-order valence-corrected chi connectivity index (χ2v) is 7.62. The van der Waals surface area contributed by atoms with E-state index in [1.807, 2.05) is 19.1 Å². The number of ether oxygens (including phenoxy) is 1. The van der Waals surface area contributed by atoms with Gasteiger partial charge in [0, 0.05) is 37.9 Å². The molecule has 1 aliphatic heterocycles. The summed E-state index contributed by atoms with van der Waals surface area (Å²) in [5.41, 5.74) is 2.84. The molecule has 9 heteroatoms. The molecule has 9 nitrogen and oxygen atoms in total. The zero-order valence-corrected chi connectivity index (χ0v) is 18.4. The molecule has 2 heterocycles. The topological polar surface area (TPSA) is 96.8 Å². The molecule has 31 heavy (non-hydrogen) atoms. The summed E-state index contributed by atoms with van der Waals surface area (Å²) < 4.78 is 6.58. The van der Waals surface area contributed by atoms with Crippen LogP contribution < -0.4 is 5.32 Å². The standard InChI is InChI=1S/C22H29N5O4/c1-5-31-22(30)26-12-10-25(11-13-26)21(29)17(4)27-14-19(16(3)24-27)23-20(28)18-8-6-15(2)7-9-18/h6-9,14,17H,5,10-13H2,1-4H3,(H,23,28). The zero-order valence-electron chi connectivity index (χ0n) is 18.4. The van der Waals surface area contributed by atoms with E-state index in [4.69, 9.17) is 4.74 Å². The van der Waals surface area contributed by atoms with Gasteiger partial charge in [0.05, 0.1) is 18.0 Å². The van der Waals surface area contributed by atoms with Crippen LogP contribution in [0.1, 0.15) is 41.5 Å². The Labute approximate surface area is 182 Å². The lowest BCUT2D eigenvalue weighted by molar-refractivity contribution is -0.136. The van der Waals surface area contributed by atoms with E-state index < -0.39 is 6.04 Å². The highest BCUT2D eigenvalue weighted by atomic mass is 16.6. The molecular formula is C22H29N5O4. The average Bonchev–Trinajstić information content (AvgIpc) is 3.13. The van der Waals surface area contributed by atoms with Crippen LogP contribution in [0.5, 0.6) is 0 Å². The maximum atomic E-state index is 12.9. The van der Waals surface area contributed by atoms with Crippen LogP contribution in [0.4, 0.5) is 10.5 Å². The molecule has 1 N–H and O–H groups in total. The van der Waals surface area contributed by atoms with Gasteiger partial charge in [-0.1, -0.05) is 17.7 Å². The van der Waals surface area contributed by atoms with E-state index in [-0.39, 0.29) is 17.9 Å². The van der Waals surface area contributed by atoms with Gasteiger partial charge >= 0.3 is 6.09 Å². The number of carbonyl (C=O) groups is 3. The van der Waals surface area contributed by atoms with E-state index in [1.54, 1.807) is 53.6 Å². The maximum Gasteiger partial charge on any atom is 0.409 e. The largest absolute Gasteiger partial charge is 0.450 e. The van der Waals surface area contributed by atoms with Crippen LogP contribution in [-0.4, -0.2) is 70.3 Å². The van der Waals surface area contributed by atoms with Crippen LogP contribution in [0.25, 0.3) is 0 Å². The molecule has 0 bridgehead atoms. The van der Waals surface area contributed by atoms with Crippen LogP contribution in [0.15, 0.2) is 30.5 Å². The molecule has 3 amide bonds. The Morgan fingerprint density at radius 2 is 1.68 bits per heavy atom. The first-order valence-corrected chi connectivity index (χ1v) is 10.4. The minimum absolute atomic E-state index is 0.0811. The maximum absolute atomic E-state index is 12.9. The van der Waals surface area contributed by atoms with Crippen molar-refractivity contribution in [1.29, 1.82) is 0 Å². The third-order valence-corrected chi connectivity index (χ3v) is 5.35. The molecule has 0 radical (unpaired) electrons. The summed E-state index contributed by atoms with van der Waals surface area (Å²) in [7, 11) is 0. The Bertz CT molecular complexity index is 945. The Kier molecular flexibility index (Phi) is 6.94. The van der Waals surface area contributed by atoms with Gasteiger partial charge in [-0.2, -0.15) is 5.10 Å². The van der Waals surface area contributed by atoms with E-state index in [0.717, 1.165) is 5.56 Å². The lowest BCUT2D eigenvalue weighted by atomic mass is 10.1. The first-order chi connectivity index (χ1) is 14.8. The van der Waals surface area contributed by atoms with Crippen molar-refractivity contribution in [2.45, 2.75) is 33.7 Å². The van der Waals surface area contributed by atoms with Crippen LogP contribution in [-0.2, 0) is 9.53 Å². The molecule has 1 atom stereocenters. The molecule has 0 saturated carbocycles. The van der Waals surface area contributed by atoms with Gasteiger partial charge in [0.2, 0.25) is 5.91 Å². The SMILES string of the molecule is CCOC(=O)N1CCN(C(=O)C(C)n2cc(NC(=O)c3ccc(C)cc3)c(C)n2)CC1. The molecule has 1 aromatic heterocycles. The third-order valence-electron chi connectivity index (χ3n) is 5.35. The molecule has 3 rings (SSSR count). The normalized spacial score (nSPS) is 14.8. The number of hydrogen-bond acceptors (Lipinski definition) is 5. The average molecular weight is 428 g/mol. The van der Waals surface area contributed by atoms with Gasteiger partial charge in [-0.15, -0.1) is 0 Å². The summed E-state index contributed by atoms with van der Waals surface area (Å²) in [4.78, 5) is 40.6. The van der Waals surface area contributed by atoms with Crippen molar-refractivity contribution in [2.24, 2.45) is 0 Å². The minimum atomic E-state index is -0.530. The van der Waals surface area contributed by atoms with Gasteiger partial charge < -0.3 is 19.9 Å². The molecule has 2 aromatic rings. The summed E-state index contributed by atoms with van der Waals surface area (Å²) in [5, 5.41) is 7.29. The fourth-order valence-corrected chi connectivity index (χ4v) is 3.40. The summed E-state index contributed by atoms with van der Waals surface area (Å²) in [6.07, 6.45) is 1.33.